The molecule has 0 unspecified atom stereocenters. The summed E-state index contributed by atoms with van der Waals surface area (Å²) in [5, 5.41) is 2.90. The molecule has 2 rings (SSSR count). The number of benzene rings is 1. The molecule has 0 fully saturated rings. The summed E-state index contributed by atoms with van der Waals surface area (Å²) in [5.41, 5.74) is 2.30. The van der Waals surface area contributed by atoms with Gasteiger partial charge >= 0.3 is 0 Å². The van der Waals surface area contributed by atoms with Crippen LogP contribution in [-0.2, 0) is 5.41 Å². The molecule has 1 aromatic heterocycles. The molecule has 3 nitrogen and oxygen atoms in total. The number of aromatic nitrogens is 1. The van der Waals surface area contributed by atoms with Gasteiger partial charge in [-0.15, -0.1) is 0 Å². The maximum Gasteiger partial charge on any atom is 0.255 e. The zero-order valence-electron chi connectivity index (χ0n) is 11.8. The van der Waals surface area contributed by atoms with E-state index in [1.807, 2.05) is 18.2 Å². The Morgan fingerprint density at radius 1 is 1.15 bits per heavy atom. The second-order valence-electron chi connectivity index (χ2n) is 5.64. The average Bonchev–Trinajstić information content (AvgIpc) is 2.38. The van der Waals surface area contributed by atoms with E-state index in [2.05, 4.69) is 47.0 Å². The zero-order valence-corrected chi connectivity index (χ0v) is 13.4. The van der Waals surface area contributed by atoms with Crippen molar-refractivity contribution in [2.24, 2.45) is 0 Å². The van der Waals surface area contributed by atoms with Crippen LogP contribution < -0.4 is 5.32 Å². The van der Waals surface area contributed by atoms with Gasteiger partial charge in [-0.2, -0.15) is 0 Å². The number of amides is 1. The van der Waals surface area contributed by atoms with Crippen molar-refractivity contribution >= 4 is 27.5 Å². The summed E-state index contributed by atoms with van der Waals surface area (Å²) < 4.78 is 0.952. The molecule has 4 heteroatoms. The molecule has 0 radical (unpaired) electrons. The highest BCUT2D eigenvalue weighted by Crippen LogP contribution is 2.22. The number of nitrogens with one attached hydrogen (secondary N) is 1. The molecule has 0 aliphatic heterocycles. The van der Waals surface area contributed by atoms with Gasteiger partial charge in [-0.25, -0.2) is 0 Å². The fourth-order valence-electron chi connectivity index (χ4n) is 1.72. The summed E-state index contributed by atoms with van der Waals surface area (Å²) in [6.07, 6.45) is 1.72. The lowest BCUT2D eigenvalue weighted by molar-refractivity contribution is 0.102. The van der Waals surface area contributed by atoms with E-state index < -0.39 is 0 Å². The SMILES string of the molecule is CC(C)(C)c1cc(NC(=O)c2ccc(Br)cc2)ccn1. The first-order valence-corrected chi connectivity index (χ1v) is 7.19. The molecule has 0 aliphatic carbocycles. The summed E-state index contributed by atoms with van der Waals surface area (Å²) in [6.45, 7) is 6.28. The molecular weight excluding hydrogens is 316 g/mol. The van der Waals surface area contributed by atoms with E-state index in [-0.39, 0.29) is 11.3 Å². The minimum Gasteiger partial charge on any atom is -0.322 e. The summed E-state index contributed by atoms with van der Waals surface area (Å²) in [4.78, 5) is 16.5. The summed E-state index contributed by atoms with van der Waals surface area (Å²) >= 11 is 3.35. The van der Waals surface area contributed by atoms with Gasteiger partial charge in [0.1, 0.15) is 0 Å². The van der Waals surface area contributed by atoms with Crippen molar-refractivity contribution in [1.82, 2.24) is 4.98 Å². The van der Waals surface area contributed by atoms with E-state index >= 15 is 0 Å². The van der Waals surface area contributed by atoms with Crippen LogP contribution in [-0.4, -0.2) is 10.9 Å². The Bertz CT molecular complexity index is 615. The first kappa shape index (κ1) is 14.7. The van der Waals surface area contributed by atoms with Crippen LogP contribution in [0.1, 0.15) is 36.8 Å². The van der Waals surface area contributed by atoms with Crippen molar-refractivity contribution in [3.8, 4) is 0 Å². The summed E-state index contributed by atoms with van der Waals surface area (Å²) in [6, 6.07) is 11.0. The highest BCUT2D eigenvalue weighted by Gasteiger charge is 2.16. The van der Waals surface area contributed by atoms with Crippen LogP contribution in [0.25, 0.3) is 0 Å². The molecule has 1 aromatic carbocycles. The van der Waals surface area contributed by atoms with Crippen molar-refractivity contribution in [2.45, 2.75) is 26.2 Å². The Balaban J connectivity index is 2.18. The van der Waals surface area contributed by atoms with Crippen LogP contribution >= 0.6 is 15.9 Å². The lowest BCUT2D eigenvalue weighted by Crippen LogP contribution is -2.16. The third-order valence-electron chi connectivity index (χ3n) is 2.89. The zero-order chi connectivity index (χ0) is 14.8. The molecule has 0 saturated carbocycles. The van der Waals surface area contributed by atoms with Crippen LogP contribution in [0.15, 0.2) is 47.1 Å². The van der Waals surface area contributed by atoms with Crippen LogP contribution in [0.4, 0.5) is 5.69 Å². The molecule has 1 N–H and O–H groups in total. The first-order valence-electron chi connectivity index (χ1n) is 6.40. The number of rotatable bonds is 2. The van der Waals surface area contributed by atoms with Crippen molar-refractivity contribution in [1.29, 1.82) is 0 Å². The predicted molar refractivity (Wildman–Crippen MR) is 85.0 cm³/mol. The Kier molecular flexibility index (Phi) is 4.23. The molecule has 0 bridgehead atoms. The highest BCUT2D eigenvalue weighted by atomic mass is 79.9. The summed E-state index contributed by atoms with van der Waals surface area (Å²) in [7, 11) is 0. The van der Waals surface area contributed by atoms with Gasteiger partial charge in [0.05, 0.1) is 0 Å². The van der Waals surface area contributed by atoms with Crippen LogP contribution in [0.5, 0.6) is 0 Å². The molecule has 104 valence electrons. The second kappa shape index (κ2) is 5.75. The average molecular weight is 333 g/mol. The Labute approximate surface area is 127 Å². The van der Waals surface area contributed by atoms with Gasteiger partial charge in [-0.3, -0.25) is 9.78 Å². The van der Waals surface area contributed by atoms with E-state index in [1.54, 1.807) is 24.4 Å². The molecule has 2 aromatic rings. The number of pyridine rings is 1. The molecule has 0 atom stereocenters. The monoisotopic (exact) mass is 332 g/mol. The van der Waals surface area contributed by atoms with Gasteiger partial charge in [0, 0.05) is 33.0 Å². The fraction of sp³-hybridized carbons (Fsp3) is 0.250. The molecule has 0 saturated heterocycles. The molecule has 1 amide bonds. The van der Waals surface area contributed by atoms with Gasteiger partial charge in [-0.1, -0.05) is 36.7 Å². The highest BCUT2D eigenvalue weighted by molar-refractivity contribution is 9.10. The molecule has 20 heavy (non-hydrogen) atoms. The van der Waals surface area contributed by atoms with Crippen molar-refractivity contribution < 1.29 is 4.79 Å². The third kappa shape index (κ3) is 3.67. The van der Waals surface area contributed by atoms with E-state index in [0.717, 1.165) is 15.9 Å². The van der Waals surface area contributed by atoms with Crippen molar-refractivity contribution in [2.75, 3.05) is 5.32 Å². The number of nitrogens with zero attached hydrogens (tertiary/aromatic N) is 1. The fourth-order valence-corrected chi connectivity index (χ4v) is 1.99. The predicted octanol–water partition coefficient (Wildman–Crippen LogP) is 4.39. The van der Waals surface area contributed by atoms with Crippen LogP contribution in [0.2, 0.25) is 0 Å². The van der Waals surface area contributed by atoms with Gasteiger partial charge in [-0.05, 0) is 36.4 Å². The van der Waals surface area contributed by atoms with E-state index in [4.69, 9.17) is 0 Å². The minimum atomic E-state index is -0.122. The van der Waals surface area contributed by atoms with E-state index in [0.29, 0.717) is 5.56 Å². The summed E-state index contributed by atoms with van der Waals surface area (Å²) in [5.74, 6) is -0.122. The van der Waals surface area contributed by atoms with Gasteiger partial charge in [0.2, 0.25) is 0 Å². The lowest BCUT2D eigenvalue weighted by Gasteiger charge is -2.18. The number of carbonyl (C=O) groups is 1. The van der Waals surface area contributed by atoms with Crippen molar-refractivity contribution in [3.63, 3.8) is 0 Å². The smallest absolute Gasteiger partial charge is 0.255 e. The van der Waals surface area contributed by atoms with Crippen LogP contribution in [0, 0.1) is 0 Å². The molecule has 0 aliphatic rings. The maximum atomic E-state index is 12.1. The van der Waals surface area contributed by atoms with Gasteiger partial charge in [0.25, 0.3) is 5.91 Å². The quantitative estimate of drug-likeness (QED) is 0.885. The molecule has 0 spiro atoms. The Morgan fingerprint density at radius 2 is 1.80 bits per heavy atom. The normalized spacial score (nSPS) is 11.2. The largest absolute Gasteiger partial charge is 0.322 e. The maximum absolute atomic E-state index is 12.1. The van der Waals surface area contributed by atoms with Crippen molar-refractivity contribution in [3.05, 3.63) is 58.3 Å². The standard InChI is InChI=1S/C16H17BrN2O/c1-16(2,3)14-10-13(8-9-18-14)19-15(20)11-4-6-12(17)7-5-11/h4-10H,1-3H3,(H,18,19,20). The number of hydrogen-bond acceptors (Lipinski definition) is 2. The molecular formula is C16H17BrN2O. The Hall–Kier alpha value is -1.68. The number of anilines is 1. The second-order valence-corrected chi connectivity index (χ2v) is 6.56. The Morgan fingerprint density at radius 3 is 2.40 bits per heavy atom. The topological polar surface area (TPSA) is 42.0 Å². The van der Waals surface area contributed by atoms with E-state index in [1.165, 1.54) is 0 Å². The number of hydrogen-bond donors (Lipinski definition) is 1. The third-order valence-corrected chi connectivity index (χ3v) is 3.42. The minimum absolute atomic E-state index is 0.0433. The van der Waals surface area contributed by atoms with Crippen LogP contribution in [0.3, 0.4) is 0 Å². The molecule has 1 heterocycles. The number of carbonyl (C=O) groups excluding carboxylic acids is 1. The number of halogens is 1. The van der Waals surface area contributed by atoms with Gasteiger partial charge < -0.3 is 5.32 Å². The van der Waals surface area contributed by atoms with Gasteiger partial charge in [0.15, 0.2) is 0 Å². The first-order chi connectivity index (χ1) is 9.36. The lowest BCUT2D eigenvalue weighted by atomic mass is 9.91. The van der Waals surface area contributed by atoms with E-state index in [9.17, 15) is 4.79 Å².